The lowest BCUT2D eigenvalue weighted by molar-refractivity contribution is -0.138. The van der Waals surface area contributed by atoms with Gasteiger partial charge in [0.05, 0.1) is 4.90 Å². The molecule has 0 aromatic heterocycles. The van der Waals surface area contributed by atoms with Crippen molar-refractivity contribution in [2.45, 2.75) is 17.4 Å². The molecule has 0 aliphatic rings. The van der Waals surface area contributed by atoms with Crippen molar-refractivity contribution in [2.24, 2.45) is 10.9 Å². The third kappa shape index (κ3) is 3.30. The molecular weight excluding hydrogens is 232 g/mol. The van der Waals surface area contributed by atoms with Crippen LogP contribution in [-0.2, 0) is 21.2 Å². The number of carboxylic acids is 1. The van der Waals surface area contributed by atoms with Gasteiger partial charge in [0.25, 0.3) is 0 Å². The number of benzene rings is 1. The van der Waals surface area contributed by atoms with E-state index in [0.717, 1.165) is 0 Å². The quantitative estimate of drug-likeness (QED) is 0.645. The zero-order valence-electron chi connectivity index (χ0n) is 8.33. The number of primary sulfonamides is 1. The zero-order valence-corrected chi connectivity index (χ0v) is 9.15. The number of sulfonamides is 1. The molecule has 0 saturated carbocycles. The van der Waals surface area contributed by atoms with E-state index in [4.69, 9.17) is 16.0 Å². The van der Waals surface area contributed by atoms with E-state index >= 15 is 0 Å². The van der Waals surface area contributed by atoms with Gasteiger partial charge in [0, 0.05) is 0 Å². The zero-order chi connectivity index (χ0) is 12.3. The number of hydrogen-bond donors (Lipinski definition) is 3. The predicted octanol–water partition coefficient (Wildman–Crippen LogP) is -0.712. The molecule has 0 heterocycles. The molecule has 88 valence electrons. The molecule has 1 aromatic carbocycles. The summed E-state index contributed by atoms with van der Waals surface area (Å²) in [5, 5.41) is 13.5. The van der Waals surface area contributed by atoms with Crippen molar-refractivity contribution in [3.8, 4) is 0 Å². The molecular formula is C9H12N2O4S. The fourth-order valence-corrected chi connectivity index (χ4v) is 1.77. The summed E-state index contributed by atoms with van der Waals surface area (Å²) in [6.45, 7) is 0. The normalized spacial score (nSPS) is 13.4. The van der Waals surface area contributed by atoms with Gasteiger partial charge >= 0.3 is 5.97 Å². The summed E-state index contributed by atoms with van der Waals surface area (Å²) in [6.07, 6.45) is 0.0543. The van der Waals surface area contributed by atoms with Crippen molar-refractivity contribution >= 4 is 16.0 Å². The first-order valence-corrected chi connectivity index (χ1v) is 5.95. The van der Waals surface area contributed by atoms with Gasteiger partial charge in [-0.2, -0.15) is 0 Å². The summed E-state index contributed by atoms with van der Waals surface area (Å²) in [5.41, 5.74) is 5.84. The Morgan fingerprint density at radius 1 is 1.44 bits per heavy atom. The Hall–Kier alpha value is -1.44. The van der Waals surface area contributed by atoms with Gasteiger partial charge < -0.3 is 10.8 Å². The van der Waals surface area contributed by atoms with Crippen molar-refractivity contribution in [3.63, 3.8) is 0 Å². The molecule has 16 heavy (non-hydrogen) atoms. The van der Waals surface area contributed by atoms with Crippen molar-refractivity contribution in [1.29, 1.82) is 0 Å². The first kappa shape index (κ1) is 12.6. The van der Waals surface area contributed by atoms with Gasteiger partial charge in [-0.05, 0) is 24.1 Å². The molecule has 6 nitrogen and oxygen atoms in total. The minimum absolute atomic E-state index is 0.0532. The Labute approximate surface area is 92.9 Å². The third-order valence-electron chi connectivity index (χ3n) is 2.00. The summed E-state index contributed by atoms with van der Waals surface area (Å²) in [6, 6.07) is 4.68. The Morgan fingerprint density at radius 3 is 2.56 bits per heavy atom. The average molecular weight is 244 g/mol. The van der Waals surface area contributed by atoms with Gasteiger partial charge in [0.2, 0.25) is 10.0 Å². The first-order chi connectivity index (χ1) is 7.30. The molecule has 0 spiro atoms. The van der Waals surface area contributed by atoms with Crippen molar-refractivity contribution < 1.29 is 18.3 Å². The summed E-state index contributed by atoms with van der Waals surface area (Å²) in [4.78, 5) is 10.5. The summed E-state index contributed by atoms with van der Waals surface area (Å²) in [7, 11) is -3.77. The van der Waals surface area contributed by atoms with Crippen LogP contribution in [0.15, 0.2) is 29.2 Å². The van der Waals surface area contributed by atoms with Crippen LogP contribution in [0.25, 0.3) is 0 Å². The van der Waals surface area contributed by atoms with Crippen LogP contribution in [0.4, 0.5) is 0 Å². The van der Waals surface area contributed by atoms with E-state index in [1.54, 1.807) is 6.07 Å². The van der Waals surface area contributed by atoms with E-state index < -0.39 is 22.0 Å². The smallest absolute Gasteiger partial charge is 0.320 e. The Morgan fingerprint density at radius 2 is 2.06 bits per heavy atom. The highest BCUT2D eigenvalue weighted by atomic mass is 32.2. The van der Waals surface area contributed by atoms with Crippen LogP contribution in [0, 0.1) is 0 Å². The fourth-order valence-electron chi connectivity index (χ4n) is 1.19. The van der Waals surface area contributed by atoms with Gasteiger partial charge in [-0.3, -0.25) is 4.79 Å². The minimum atomic E-state index is -3.77. The van der Waals surface area contributed by atoms with Gasteiger partial charge in [0.1, 0.15) is 6.04 Å². The molecule has 0 aliphatic heterocycles. The highest BCUT2D eigenvalue weighted by Gasteiger charge is 2.14. The van der Waals surface area contributed by atoms with Gasteiger partial charge in [-0.1, -0.05) is 12.1 Å². The van der Waals surface area contributed by atoms with Crippen molar-refractivity contribution in [3.05, 3.63) is 29.8 Å². The second-order valence-electron chi connectivity index (χ2n) is 3.34. The molecule has 0 bridgehead atoms. The summed E-state index contributed by atoms with van der Waals surface area (Å²) in [5.74, 6) is -1.14. The summed E-state index contributed by atoms with van der Waals surface area (Å²) < 4.78 is 22.1. The monoisotopic (exact) mass is 244 g/mol. The largest absolute Gasteiger partial charge is 0.480 e. The molecule has 1 aromatic rings. The van der Waals surface area contributed by atoms with Crippen LogP contribution in [0.1, 0.15) is 5.56 Å². The molecule has 0 amide bonds. The molecule has 1 rings (SSSR count). The van der Waals surface area contributed by atoms with E-state index in [2.05, 4.69) is 0 Å². The first-order valence-electron chi connectivity index (χ1n) is 4.41. The molecule has 0 radical (unpaired) electrons. The number of carboxylic acid groups (broad SMARTS) is 1. The lowest BCUT2D eigenvalue weighted by Gasteiger charge is -2.07. The van der Waals surface area contributed by atoms with Crippen LogP contribution in [0.2, 0.25) is 0 Å². The third-order valence-corrected chi connectivity index (χ3v) is 2.91. The van der Waals surface area contributed by atoms with Gasteiger partial charge in [-0.15, -0.1) is 0 Å². The van der Waals surface area contributed by atoms with E-state index in [9.17, 15) is 13.2 Å². The second-order valence-corrected chi connectivity index (χ2v) is 4.90. The highest BCUT2D eigenvalue weighted by Crippen LogP contribution is 2.11. The van der Waals surface area contributed by atoms with E-state index in [0.29, 0.717) is 5.56 Å². The standard InChI is InChI=1S/C9H12N2O4S/c10-8(9(12)13)5-6-2-1-3-7(4-6)16(11,14)15/h1-4,8H,5,10H2,(H,12,13)(H2,11,14,15)/t8-/m0/s1. The predicted molar refractivity (Wildman–Crippen MR) is 57.1 cm³/mol. The fraction of sp³-hybridized carbons (Fsp3) is 0.222. The lowest BCUT2D eigenvalue weighted by atomic mass is 10.1. The molecule has 0 aliphatic carbocycles. The Kier molecular flexibility index (Phi) is 3.63. The molecule has 0 saturated heterocycles. The van der Waals surface area contributed by atoms with Gasteiger partial charge in [0.15, 0.2) is 0 Å². The number of nitrogens with two attached hydrogens (primary N) is 2. The van der Waals surface area contributed by atoms with Crippen LogP contribution < -0.4 is 10.9 Å². The topological polar surface area (TPSA) is 123 Å². The summed E-state index contributed by atoms with van der Waals surface area (Å²) >= 11 is 0. The van der Waals surface area contributed by atoms with E-state index in [-0.39, 0.29) is 11.3 Å². The Balaban J connectivity index is 2.96. The van der Waals surface area contributed by atoms with Crippen LogP contribution >= 0.6 is 0 Å². The lowest BCUT2D eigenvalue weighted by Crippen LogP contribution is -2.32. The van der Waals surface area contributed by atoms with Crippen molar-refractivity contribution in [2.75, 3.05) is 0 Å². The number of hydrogen-bond acceptors (Lipinski definition) is 4. The van der Waals surface area contributed by atoms with Gasteiger partial charge in [-0.25, -0.2) is 13.6 Å². The van der Waals surface area contributed by atoms with Crippen molar-refractivity contribution in [1.82, 2.24) is 0 Å². The second kappa shape index (κ2) is 4.60. The van der Waals surface area contributed by atoms with Crippen LogP contribution in [0.5, 0.6) is 0 Å². The number of carbonyl (C=O) groups is 1. The SMILES string of the molecule is N[C@@H](Cc1cccc(S(N)(=O)=O)c1)C(=O)O. The Bertz CT molecular complexity index is 498. The maximum absolute atomic E-state index is 11.0. The van der Waals surface area contributed by atoms with Crippen LogP contribution in [-0.4, -0.2) is 25.5 Å². The maximum atomic E-state index is 11.0. The number of rotatable bonds is 4. The molecule has 1 atom stereocenters. The molecule has 5 N–H and O–H groups in total. The highest BCUT2D eigenvalue weighted by molar-refractivity contribution is 7.89. The van der Waals surface area contributed by atoms with E-state index in [1.807, 2.05) is 0 Å². The minimum Gasteiger partial charge on any atom is -0.480 e. The van der Waals surface area contributed by atoms with E-state index in [1.165, 1.54) is 18.2 Å². The maximum Gasteiger partial charge on any atom is 0.320 e. The van der Waals surface area contributed by atoms with Crippen LogP contribution in [0.3, 0.4) is 0 Å². The average Bonchev–Trinajstić information content (AvgIpc) is 2.16. The molecule has 0 unspecified atom stereocenters. The number of aliphatic carboxylic acids is 1. The molecule has 0 fully saturated rings. The molecule has 7 heteroatoms.